The molecule has 2 aromatic heterocycles. The van der Waals surface area contributed by atoms with E-state index in [0.29, 0.717) is 56.3 Å². The normalized spacial score (nSPS) is 10.8. The van der Waals surface area contributed by atoms with E-state index in [1.807, 2.05) is 41.8 Å². The molecular weight excluding hydrogens is 480 g/mol. The minimum atomic E-state index is -0.135. The summed E-state index contributed by atoms with van der Waals surface area (Å²) in [6, 6.07) is 13.2. The summed E-state index contributed by atoms with van der Waals surface area (Å²) in [6.45, 7) is 1.76. The Morgan fingerprint density at radius 1 is 0.944 bits per heavy atom. The Hall–Kier alpha value is -3.30. The first-order chi connectivity index (χ1) is 17.5. The van der Waals surface area contributed by atoms with Gasteiger partial charge in [0, 0.05) is 31.7 Å². The Balaban J connectivity index is 1.71. The molecule has 0 fully saturated rings. The summed E-state index contributed by atoms with van der Waals surface area (Å²) in [7, 11) is 4.82. The van der Waals surface area contributed by atoms with E-state index in [4.69, 9.17) is 18.6 Å². The highest BCUT2D eigenvalue weighted by atomic mass is 32.1. The van der Waals surface area contributed by atoms with Gasteiger partial charge in [0.1, 0.15) is 5.76 Å². The Labute approximate surface area is 216 Å². The predicted molar refractivity (Wildman–Crippen MR) is 138 cm³/mol. The van der Waals surface area contributed by atoms with Gasteiger partial charge in [-0.25, -0.2) is 0 Å². The topological polar surface area (TPSA) is 81.5 Å². The second kappa shape index (κ2) is 14.3. The molecule has 0 atom stereocenters. The van der Waals surface area contributed by atoms with Crippen LogP contribution in [0.4, 0.5) is 0 Å². The van der Waals surface area contributed by atoms with Crippen LogP contribution in [0.2, 0.25) is 0 Å². The van der Waals surface area contributed by atoms with E-state index in [1.165, 1.54) is 11.3 Å². The van der Waals surface area contributed by atoms with Crippen LogP contribution in [0, 0.1) is 0 Å². The summed E-state index contributed by atoms with van der Waals surface area (Å²) in [5, 5.41) is 1.95. The molecule has 8 nitrogen and oxygen atoms in total. The summed E-state index contributed by atoms with van der Waals surface area (Å²) in [6.07, 6.45) is 3.14. The van der Waals surface area contributed by atoms with Gasteiger partial charge in [0.25, 0.3) is 0 Å². The van der Waals surface area contributed by atoms with Gasteiger partial charge in [0.05, 0.1) is 40.0 Å². The van der Waals surface area contributed by atoms with Crippen LogP contribution < -0.4 is 9.47 Å². The van der Waals surface area contributed by atoms with E-state index in [1.54, 1.807) is 43.5 Å². The summed E-state index contributed by atoms with van der Waals surface area (Å²) in [4.78, 5) is 30.9. The fraction of sp³-hybridized carbons (Fsp3) is 0.407. The molecule has 0 bridgehead atoms. The van der Waals surface area contributed by atoms with Gasteiger partial charge in [-0.1, -0.05) is 12.1 Å². The summed E-state index contributed by atoms with van der Waals surface area (Å²) < 4.78 is 21.4. The van der Waals surface area contributed by atoms with Gasteiger partial charge < -0.3 is 28.4 Å². The first kappa shape index (κ1) is 27.3. The van der Waals surface area contributed by atoms with Crippen molar-refractivity contribution in [3.63, 3.8) is 0 Å². The number of hydrogen-bond acceptors (Lipinski definition) is 7. The van der Waals surface area contributed by atoms with Crippen molar-refractivity contribution in [3.8, 4) is 11.5 Å². The number of furan rings is 1. The molecule has 0 aliphatic rings. The number of benzene rings is 1. The van der Waals surface area contributed by atoms with Crippen LogP contribution >= 0.6 is 11.3 Å². The molecule has 0 aliphatic heterocycles. The van der Waals surface area contributed by atoms with E-state index in [0.717, 1.165) is 10.4 Å². The monoisotopic (exact) mass is 514 g/mol. The molecule has 36 heavy (non-hydrogen) atoms. The molecule has 3 aromatic rings. The Bertz CT molecular complexity index is 1070. The maximum atomic E-state index is 13.5. The van der Waals surface area contributed by atoms with Gasteiger partial charge in [0.2, 0.25) is 11.8 Å². The fourth-order valence-electron chi connectivity index (χ4n) is 3.81. The lowest BCUT2D eigenvalue weighted by molar-refractivity contribution is -0.140. The van der Waals surface area contributed by atoms with Gasteiger partial charge in [-0.15, -0.1) is 11.3 Å². The second-order valence-electron chi connectivity index (χ2n) is 8.25. The van der Waals surface area contributed by atoms with Crippen molar-refractivity contribution in [2.75, 3.05) is 47.6 Å². The van der Waals surface area contributed by atoms with Crippen molar-refractivity contribution in [1.29, 1.82) is 0 Å². The van der Waals surface area contributed by atoms with Crippen LogP contribution in [-0.4, -0.2) is 69.2 Å². The van der Waals surface area contributed by atoms with Crippen molar-refractivity contribution in [2.24, 2.45) is 0 Å². The molecule has 2 amide bonds. The summed E-state index contributed by atoms with van der Waals surface area (Å²) >= 11 is 1.54. The highest BCUT2D eigenvalue weighted by Crippen LogP contribution is 2.27. The third kappa shape index (κ3) is 8.13. The Morgan fingerprint density at radius 3 is 2.44 bits per heavy atom. The average Bonchev–Trinajstić information content (AvgIpc) is 3.60. The van der Waals surface area contributed by atoms with Crippen LogP contribution in [0.15, 0.2) is 58.5 Å². The SMILES string of the molecule is COCCCN(CC(=O)N(CCc1ccc(OC)c(OC)c1)Cc1ccco1)C(=O)Cc1cccs1. The van der Waals surface area contributed by atoms with Crippen LogP contribution in [0.1, 0.15) is 22.6 Å². The number of nitrogens with zero attached hydrogens (tertiary/aromatic N) is 2. The smallest absolute Gasteiger partial charge is 0.242 e. The molecule has 3 rings (SSSR count). The quantitative estimate of drug-likeness (QED) is 0.285. The van der Waals surface area contributed by atoms with E-state index in [-0.39, 0.29) is 24.8 Å². The highest BCUT2D eigenvalue weighted by Gasteiger charge is 2.22. The maximum Gasteiger partial charge on any atom is 0.242 e. The lowest BCUT2D eigenvalue weighted by Gasteiger charge is -2.27. The molecule has 0 saturated carbocycles. The minimum Gasteiger partial charge on any atom is -0.493 e. The van der Waals surface area contributed by atoms with Crippen molar-refractivity contribution < 1.29 is 28.2 Å². The molecule has 0 saturated heterocycles. The Morgan fingerprint density at radius 2 is 1.78 bits per heavy atom. The van der Waals surface area contributed by atoms with Crippen molar-refractivity contribution in [3.05, 3.63) is 70.3 Å². The molecule has 9 heteroatoms. The van der Waals surface area contributed by atoms with Crippen LogP contribution in [0.3, 0.4) is 0 Å². The fourth-order valence-corrected chi connectivity index (χ4v) is 4.51. The third-order valence-electron chi connectivity index (χ3n) is 5.76. The second-order valence-corrected chi connectivity index (χ2v) is 9.28. The number of rotatable bonds is 15. The van der Waals surface area contributed by atoms with Gasteiger partial charge in [-0.2, -0.15) is 0 Å². The maximum absolute atomic E-state index is 13.5. The molecule has 0 unspecified atom stereocenters. The number of ether oxygens (including phenoxy) is 3. The first-order valence-electron chi connectivity index (χ1n) is 11.8. The van der Waals surface area contributed by atoms with Gasteiger partial charge in [0.15, 0.2) is 11.5 Å². The van der Waals surface area contributed by atoms with Gasteiger partial charge in [-0.3, -0.25) is 9.59 Å². The molecular formula is C27H34N2O6S. The number of thiophene rings is 1. The number of amides is 2. The molecule has 0 N–H and O–H groups in total. The standard InChI is InChI=1S/C27H34N2O6S/c1-32-14-6-12-28(26(30)18-23-8-5-16-36-23)20-27(31)29(19-22-7-4-15-35-22)13-11-21-9-10-24(33-2)25(17-21)34-3/h4-5,7-10,15-17H,6,11-14,18-20H2,1-3H3. The molecule has 2 heterocycles. The van der Waals surface area contributed by atoms with Crippen molar-refractivity contribution >= 4 is 23.2 Å². The highest BCUT2D eigenvalue weighted by molar-refractivity contribution is 7.10. The van der Waals surface area contributed by atoms with Crippen LogP contribution in [0.5, 0.6) is 11.5 Å². The third-order valence-corrected chi connectivity index (χ3v) is 6.64. The van der Waals surface area contributed by atoms with E-state index in [9.17, 15) is 9.59 Å². The molecule has 0 spiro atoms. The number of carbonyl (C=O) groups is 2. The predicted octanol–water partition coefficient (Wildman–Crippen LogP) is 4.04. The summed E-state index contributed by atoms with van der Waals surface area (Å²) in [5.74, 6) is 1.78. The Kier molecular flexibility index (Phi) is 10.8. The van der Waals surface area contributed by atoms with E-state index >= 15 is 0 Å². The minimum absolute atomic E-state index is 0.000561. The molecule has 0 aliphatic carbocycles. The zero-order valence-corrected chi connectivity index (χ0v) is 21.9. The van der Waals surface area contributed by atoms with Gasteiger partial charge >= 0.3 is 0 Å². The van der Waals surface area contributed by atoms with Gasteiger partial charge in [-0.05, 0) is 54.1 Å². The number of methoxy groups -OCH3 is 3. The van der Waals surface area contributed by atoms with Crippen molar-refractivity contribution in [1.82, 2.24) is 9.80 Å². The zero-order chi connectivity index (χ0) is 25.8. The molecule has 0 radical (unpaired) electrons. The zero-order valence-electron chi connectivity index (χ0n) is 21.1. The summed E-state index contributed by atoms with van der Waals surface area (Å²) in [5.41, 5.74) is 1.01. The number of hydrogen-bond donors (Lipinski definition) is 0. The van der Waals surface area contributed by atoms with E-state index < -0.39 is 0 Å². The largest absolute Gasteiger partial charge is 0.493 e. The lowest BCUT2D eigenvalue weighted by Crippen LogP contribution is -2.44. The number of carbonyl (C=O) groups excluding carboxylic acids is 2. The van der Waals surface area contributed by atoms with Crippen molar-refractivity contribution in [2.45, 2.75) is 25.8 Å². The lowest BCUT2D eigenvalue weighted by atomic mass is 10.1. The molecule has 194 valence electrons. The van der Waals surface area contributed by atoms with E-state index in [2.05, 4.69) is 0 Å². The average molecular weight is 515 g/mol. The first-order valence-corrected chi connectivity index (χ1v) is 12.7. The van der Waals surface area contributed by atoms with Crippen LogP contribution in [0.25, 0.3) is 0 Å². The molecule has 1 aromatic carbocycles. The van der Waals surface area contributed by atoms with Crippen LogP contribution in [-0.2, 0) is 33.7 Å².